The van der Waals surface area contributed by atoms with Gasteiger partial charge in [0.15, 0.2) is 0 Å². The first-order valence-electron chi connectivity index (χ1n) is 11.0. The standard InChI is InChI=1S/C27H34O2/c1-5-25-21(4)19(2)18-24(25)14-11-23-12-15-26(20(3)17-23)29-27(28)16-13-22-9-7-6-8-10-22/h6-10,12-13,15-17,19,21,24-25H,5,11,14,18H2,1-4H3/b16-13+. The van der Waals surface area contributed by atoms with Crippen molar-refractivity contribution < 1.29 is 9.53 Å². The van der Waals surface area contributed by atoms with Crippen LogP contribution in [0.5, 0.6) is 5.75 Å². The van der Waals surface area contributed by atoms with Gasteiger partial charge in [0.1, 0.15) is 5.75 Å². The van der Waals surface area contributed by atoms with E-state index in [-0.39, 0.29) is 5.97 Å². The van der Waals surface area contributed by atoms with E-state index in [2.05, 4.69) is 32.9 Å². The smallest absolute Gasteiger partial charge is 0.336 e. The molecular formula is C27H34O2. The first-order chi connectivity index (χ1) is 14.0. The summed E-state index contributed by atoms with van der Waals surface area (Å²) in [5.74, 6) is 3.69. The predicted octanol–water partition coefficient (Wildman–Crippen LogP) is 6.86. The summed E-state index contributed by atoms with van der Waals surface area (Å²) in [4.78, 5) is 12.1. The van der Waals surface area contributed by atoms with E-state index in [1.807, 2.05) is 43.3 Å². The van der Waals surface area contributed by atoms with Crippen molar-refractivity contribution in [1.29, 1.82) is 0 Å². The van der Waals surface area contributed by atoms with Gasteiger partial charge in [0.05, 0.1) is 0 Å². The van der Waals surface area contributed by atoms with Crippen molar-refractivity contribution in [1.82, 2.24) is 0 Å². The zero-order chi connectivity index (χ0) is 20.8. The summed E-state index contributed by atoms with van der Waals surface area (Å²) in [7, 11) is 0. The fourth-order valence-electron chi connectivity index (χ4n) is 4.96. The van der Waals surface area contributed by atoms with Crippen molar-refractivity contribution in [3.63, 3.8) is 0 Å². The Bertz CT molecular complexity index is 837. The molecule has 0 bridgehead atoms. The molecule has 1 fully saturated rings. The van der Waals surface area contributed by atoms with Gasteiger partial charge >= 0.3 is 5.97 Å². The van der Waals surface area contributed by atoms with Crippen molar-refractivity contribution >= 4 is 12.0 Å². The van der Waals surface area contributed by atoms with Gasteiger partial charge in [-0.25, -0.2) is 4.79 Å². The second kappa shape index (κ2) is 9.91. The van der Waals surface area contributed by atoms with E-state index in [9.17, 15) is 4.79 Å². The Kier molecular flexibility index (Phi) is 7.30. The van der Waals surface area contributed by atoms with Crippen molar-refractivity contribution in [3.05, 3.63) is 71.3 Å². The van der Waals surface area contributed by atoms with Crippen LogP contribution in [-0.4, -0.2) is 5.97 Å². The van der Waals surface area contributed by atoms with Crippen LogP contribution in [0.2, 0.25) is 0 Å². The summed E-state index contributed by atoms with van der Waals surface area (Å²) in [5, 5.41) is 0. The number of esters is 1. The van der Waals surface area contributed by atoms with Crippen LogP contribution in [0.15, 0.2) is 54.6 Å². The van der Waals surface area contributed by atoms with Gasteiger partial charge < -0.3 is 4.74 Å². The first-order valence-corrected chi connectivity index (χ1v) is 11.0. The minimum atomic E-state index is -0.343. The lowest BCUT2D eigenvalue weighted by Crippen LogP contribution is -2.14. The lowest BCUT2D eigenvalue weighted by molar-refractivity contribution is -0.128. The fraction of sp³-hybridized carbons (Fsp3) is 0.444. The summed E-state index contributed by atoms with van der Waals surface area (Å²) in [6.07, 6.45) is 8.27. The van der Waals surface area contributed by atoms with Gasteiger partial charge in [0.25, 0.3) is 0 Å². The summed E-state index contributed by atoms with van der Waals surface area (Å²) in [6.45, 7) is 9.19. The predicted molar refractivity (Wildman–Crippen MR) is 121 cm³/mol. The fourth-order valence-corrected chi connectivity index (χ4v) is 4.96. The molecule has 2 nitrogen and oxygen atoms in total. The molecule has 0 N–H and O–H groups in total. The molecule has 4 unspecified atom stereocenters. The maximum atomic E-state index is 12.1. The zero-order valence-electron chi connectivity index (χ0n) is 18.2. The average Bonchev–Trinajstić information content (AvgIpc) is 3.00. The third kappa shape index (κ3) is 5.59. The van der Waals surface area contributed by atoms with Crippen LogP contribution in [0.1, 0.15) is 56.7 Å². The molecule has 0 aromatic heterocycles. The number of benzene rings is 2. The largest absolute Gasteiger partial charge is 0.423 e. The molecule has 0 heterocycles. The highest BCUT2D eigenvalue weighted by Gasteiger charge is 2.36. The van der Waals surface area contributed by atoms with Gasteiger partial charge in [-0.3, -0.25) is 0 Å². The molecule has 1 aliphatic rings. The van der Waals surface area contributed by atoms with Crippen LogP contribution in [-0.2, 0) is 11.2 Å². The van der Waals surface area contributed by atoms with Crippen molar-refractivity contribution in [3.8, 4) is 5.75 Å². The van der Waals surface area contributed by atoms with Crippen LogP contribution in [0, 0.1) is 30.6 Å². The van der Waals surface area contributed by atoms with Gasteiger partial charge in [-0.15, -0.1) is 0 Å². The molecule has 154 valence electrons. The number of hydrogen-bond acceptors (Lipinski definition) is 2. The second-order valence-corrected chi connectivity index (χ2v) is 8.71. The lowest BCUT2D eigenvalue weighted by Gasteiger charge is -2.21. The number of rotatable bonds is 7. The maximum Gasteiger partial charge on any atom is 0.336 e. The SMILES string of the molecule is CCC1C(CCc2ccc(OC(=O)/C=C/c3ccccc3)c(C)c2)CC(C)C1C. The van der Waals surface area contributed by atoms with Crippen LogP contribution >= 0.6 is 0 Å². The van der Waals surface area contributed by atoms with E-state index in [0.717, 1.165) is 41.2 Å². The van der Waals surface area contributed by atoms with Crippen LogP contribution in [0.4, 0.5) is 0 Å². The Morgan fingerprint density at radius 2 is 1.90 bits per heavy atom. The van der Waals surface area contributed by atoms with Crippen molar-refractivity contribution in [2.45, 2.75) is 53.4 Å². The van der Waals surface area contributed by atoms with E-state index >= 15 is 0 Å². The van der Waals surface area contributed by atoms with Gasteiger partial charge in [-0.1, -0.05) is 69.7 Å². The minimum Gasteiger partial charge on any atom is -0.423 e. The topological polar surface area (TPSA) is 26.3 Å². The zero-order valence-corrected chi connectivity index (χ0v) is 18.2. The molecule has 0 aliphatic heterocycles. The van der Waals surface area contributed by atoms with Crippen LogP contribution in [0.3, 0.4) is 0 Å². The van der Waals surface area contributed by atoms with Crippen LogP contribution < -0.4 is 4.74 Å². The van der Waals surface area contributed by atoms with E-state index in [4.69, 9.17) is 4.74 Å². The number of carbonyl (C=O) groups is 1. The maximum absolute atomic E-state index is 12.1. The third-order valence-corrected chi connectivity index (χ3v) is 6.79. The highest BCUT2D eigenvalue weighted by Crippen LogP contribution is 2.44. The highest BCUT2D eigenvalue weighted by molar-refractivity contribution is 5.88. The third-order valence-electron chi connectivity index (χ3n) is 6.79. The summed E-state index contributed by atoms with van der Waals surface area (Å²) in [6, 6.07) is 16.0. The van der Waals surface area contributed by atoms with E-state index in [0.29, 0.717) is 5.75 Å². The van der Waals surface area contributed by atoms with Gasteiger partial charge in [0, 0.05) is 6.08 Å². The summed E-state index contributed by atoms with van der Waals surface area (Å²) in [5.41, 5.74) is 3.34. The molecule has 0 spiro atoms. The van der Waals surface area contributed by atoms with E-state index in [1.54, 1.807) is 6.08 Å². The van der Waals surface area contributed by atoms with Gasteiger partial charge in [-0.05, 0) is 78.7 Å². The molecular weight excluding hydrogens is 356 g/mol. The summed E-state index contributed by atoms with van der Waals surface area (Å²) < 4.78 is 5.54. The molecule has 0 amide bonds. The number of aryl methyl sites for hydroxylation is 2. The van der Waals surface area contributed by atoms with E-state index in [1.165, 1.54) is 30.9 Å². The molecule has 2 aromatic rings. The normalized spacial score (nSPS) is 24.1. The van der Waals surface area contributed by atoms with Crippen molar-refractivity contribution in [2.24, 2.45) is 23.7 Å². The molecule has 2 aromatic carbocycles. The first kappa shape index (κ1) is 21.4. The number of carbonyl (C=O) groups excluding carboxylic acids is 1. The Morgan fingerprint density at radius 3 is 2.59 bits per heavy atom. The minimum absolute atomic E-state index is 0.343. The van der Waals surface area contributed by atoms with Crippen LogP contribution in [0.25, 0.3) is 6.08 Å². The molecule has 2 heteroatoms. The average molecular weight is 391 g/mol. The molecule has 0 saturated heterocycles. The summed E-state index contributed by atoms with van der Waals surface area (Å²) >= 11 is 0. The second-order valence-electron chi connectivity index (χ2n) is 8.71. The Hall–Kier alpha value is -2.35. The molecule has 0 radical (unpaired) electrons. The molecule has 3 rings (SSSR count). The van der Waals surface area contributed by atoms with E-state index < -0.39 is 0 Å². The van der Waals surface area contributed by atoms with Crippen molar-refractivity contribution in [2.75, 3.05) is 0 Å². The lowest BCUT2D eigenvalue weighted by atomic mass is 9.84. The monoisotopic (exact) mass is 390 g/mol. The number of ether oxygens (including phenoxy) is 1. The Labute approximate surface area is 176 Å². The molecule has 1 aliphatic carbocycles. The molecule has 4 atom stereocenters. The Morgan fingerprint density at radius 1 is 1.14 bits per heavy atom. The number of hydrogen-bond donors (Lipinski definition) is 0. The van der Waals surface area contributed by atoms with Gasteiger partial charge in [-0.2, -0.15) is 0 Å². The highest BCUT2D eigenvalue weighted by atomic mass is 16.5. The quantitative estimate of drug-likeness (QED) is 0.293. The molecule has 1 saturated carbocycles. The molecule has 29 heavy (non-hydrogen) atoms. The van der Waals surface area contributed by atoms with Gasteiger partial charge in [0.2, 0.25) is 0 Å². The Balaban J connectivity index is 1.56.